The lowest BCUT2D eigenvalue weighted by Gasteiger charge is -2.01. The molecule has 0 unspecified atom stereocenters. The first-order chi connectivity index (χ1) is 12.7. The molecule has 0 spiro atoms. The van der Waals surface area contributed by atoms with Gasteiger partial charge in [0.05, 0.1) is 7.11 Å². The number of allylic oxidation sites excluding steroid dienone is 1. The van der Waals surface area contributed by atoms with Crippen LogP contribution in [0.4, 0.5) is 0 Å². The Morgan fingerprint density at radius 3 is 2.50 bits per heavy atom. The molecule has 0 N–H and O–H groups in total. The van der Waals surface area contributed by atoms with E-state index in [-0.39, 0.29) is 5.78 Å². The van der Waals surface area contributed by atoms with Crippen LogP contribution in [-0.4, -0.2) is 12.9 Å². The maximum atomic E-state index is 12.3. The fourth-order valence-corrected chi connectivity index (χ4v) is 2.85. The summed E-state index contributed by atoms with van der Waals surface area (Å²) < 4.78 is 7.37. The molecule has 0 aliphatic carbocycles. The van der Waals surface area contributed by atoms with Crippen molar-refractivity contribution in [3.8, 4) is 5.75 Å². The fraction of sp³-hybridized carbons (Fsp3) is 0.391. The number of ether oxygens (including phenoxy) is 1. The third-order valence-electron chi connectivity index (χ3n) is 4.47. The Kier molecular flexibility index (Phi) is 8.61. The summed E-state index contributed by atoms with van der Waals surface area (Å²) in [7, 11) is 1.60. The first-order valence-electron chi connectivity index (χ1n) is 9.58. The van der Waals surface area contributed by atoms with Gasteiger partial charge in [-0.2, -0.15) is 0 Å². The Balaban J connectivity index is 1.82. The van der Waals surface area contributed by atoms with Crippen LogP contribution in [0.25, 0.3) is 6.08 Å². The van der Waals surface area contributed by atoms with Gasteiger partial charge in [0.2, 0.25) is 0 Å². The zero-order chi connectivity index (χ0) is 18.6. The van der Waals surface area contributed by atoms with Crippen molar-refractivity contribution in [2.24, 2.45) is 0 Å². The molecule has 2 rings (SSSR count). The molecular formula is C23H30NO2+. The second-order valence-corrected chi connectivity index (χ2v) is 6.57. The lowest BCUT2D eigenvalue weighted by Crippen LogP contribution is -2.32. The zero-order valence-corrected chi connectivity index (χ0v) is 16.0. The van der Waals surface area contributed by atoms with Crippen LogP contribution in [0.1, 0.15) is 61.4 Å². The van der Waals surface area contributed by atoms with Crippen molar-refractivity contribution in [1.82, 2.24) is 0 Å². The molecular weight excluding hydrogens is 322 g/mol. The molecule has 26 heavy (non-hydrogen) atoms. The summed E-state index contributed by atoms with van der Waals surface area (Å²) in [4.78, 5) is 12.3. The number of hydrogen-bond donors (Lipinski definition) is 0. The number of unbranched alkanes of at least 4 members (excludes halogenated alkanes) is 5. The monoisotopic (exact) mass is 352 g/mol. The molecule has 2 aromatic rings. The highest BCUT2D eigenvalue weighted by Crippen LogP contribution is 2.14. The Hall–Kier alpha value is -2.42. The number of methoxy groups -OCH3 is 1. The summed E-state index contributed by atoms with van der Waals surface area (Å²) in [5.41, 5.74) is 1.66. The van der Waals surface area contributed by atoms with Gasteiger partial charge in [0, 0.05) is 24.1 Å². The van der Waals surface area contributed by atoms with Gasteiger partial charge < -0.3 is 4.74 Å². The molecule has 3 nitrogen and oxygen atoms in total. The number of nitrogens with zero attached hydrogens (tertiary/aromatic N) is 1. The molecule has 1 heterocycles. The van der Waals surface area contributed by atoms with Crippen LogP contribution in [-0.2, 0) is 6.54 Å². The normalized spacial score (nSPS) is 11.0. The minimum atomic E-state index is -0.0206. The van der Waals surface area contributed by atoms with Gasteiger partial charge in [0.25, 0.3) is 0 Å². The third-order valence-corrected chi connectivity index (χ3v) is 4.47. The number of benzene rings is 1. The number of carbonyl (C=O) groups is 1. The molecule has 3 heteroatoms. The minimum Gasteiger partial charge on any atom is -0.497 e. The summed E-state index contributed by atoms with van der Waals surface area (Å²) in [5, 5.41) is 0. The number of pyridine rings is 1. The van der Waals surface area contributed by atoms with Gasteiger partial charge in [-0.15, -0.1) is 0 Å². The smallest absolute Gasteiger partial charge is 0.185 e. The maximum absolute atomic E-state index is 12.3. The standard InChI is InChI=1S/C23H30NO2/c1-3-4-5-6-7-8-16-24-17-14-20(15-18-24)12-13-23(25)21-10-9-11-22(19-21)26-2/h9-15,17-19H,3-8,16H2,1-2H3/q+1/b13-12+. The number of aromatic nitrogens is 1. The highest BCUT2D eigenvalue weighted by molar-refractivity contribution is 6.07. The highest BCUT2D eigenvalue weighted by Gasteiger charge is 2.04. The molecule has 0 atom stereocenters. The van der Waals surface area contributed by atoms with E-state index in [0.717, 1.165) is 12.1 Å². The second-order valence-electron chi connectivity index (χ2n) is 6.57. The Bertz CT molecular complexity index is 704. The average Bonchev–Trinajstić information content (AvgIpc) is 2.69. The Morgan fingerprint density at radius 1 is 1.04 bits per heavy atom. The van der Waals surface area contributed by atoms with Gasteiger partial charge in [0.1, 0.15) is 12.3 Å². The van der Waals surface area contributed by atoms with Crippen LogP contribution in [0, 0.1) is 0 Å². The molecule has 138 valence electrons. The summed E-state index contributed by atoms with van der Waals surface area (Å²) >= 11 is 0. The molecule has 0 aliphatic rings. The predicted molar refractivity (Wildman–Crippen MR) is 106 cm³/mol. The minimum absolute atomic E-state index is 0.0206. The number of ketones is 1. The van der Waals surface area contributed by atoms with E-state index >= 15 is 0 Å². The van der Waals surface area contributed by atoms with Gasteiger partial charge in [-0.1, -0.05) is 50.8 Å². The van der Waals surface area contributed by atoms with Crippen molar-refractivity contribution in [2.75, 3.05) is 7.11 Å². The van der Waals surface area contributed by atoms with Crippen molar-refractivity contribution in [3.63, 3.8) is 0 Å². The summed E-state index contributed by atoms with van der Waals surface area (Å²) in [5.74, 6) is 0.674. The molecule has 0 saturated carbocycles. The van der Waals surface area contributed by atoms with Gasteiger partial charge in [0.15, 0.2) is 18.2 Å². The average molecular weight is 352 g/mol. The maximum Gasteiger partial charge on any atom is 0.185 e. The Morgan fingerprint density at radius 2 is 1.77 bits per heavy atom. The summed E-state index contributed by atoms with van der Waals surface area (Å²) in [6, 6.07) is 11.3. The van der Waals surface area contributed by atoms with E-state index in [1.807, 2.05) is 30.3 Å². The highest BCUT2D eigenvalue weighted by atomic mass is 16.5. The zero-order valence-electron chi connectivity index (χ0n) is 16.0. The SMILES string of the molecule is CCCCCCCC[n+]1ccc(/C=C/C(=O)c2cccc(OC)c2)cc1. The molecule has 1 aromatic carbocycles. The van der Waals surface area contributed by atoms with E-state index in [1.54, 1.807) is 25.3 Å². The van der Waals surface area contributed by atoms with Crippen LogP contribution >= 0.6 is 0 Å². The van der Waals surface area contributed by atoms with Crippen LogP contribution in [0.5, 0.6) is 5.75 Å². The van der Waals surface area contributed by atoms with E-state index in [4.69, 9.17) is 4.74 Å². The van der Waals surface area contributed by atoms with Gasteiger partial charge in [-0.3, -0.25) is 4.79 Å². The molecule has 0 bridgehead atoms. The fourth-order valence-electron chi connectivity index (χ4n) is 2.85. The first-order valence-corrected chi connectivity index (χ1v) is 9.58. The van der Waals surface area contributed by atoms with Crippen molar-refractivity contribution in [3.05, 3.63) is 66.0 Å². The van der Waals surface area contributed by atoms with Crippen LogP contribution in [0.2, 0.25) is 0 Å². The topological polar surface area (TPSA) is 30.2 Å². The number of rotatable bonds is 11. The van der Waals surface area contributed by atoms with E-state index in [0.29, 0.717) is 11.3 Å². The van der Waals surface area contributed by atoms with Crippen molar-refractivity contribution in [1.29, 1.82) is 0 Å². The van der Waals surface area contributed by atoms with Crippen LogP contribution in [0.3, 0.4) is 0 Å². The molecule has 0 fully saturated rings. The molecule has 0 amide bonds. The van der Waals surface area contributed by atoms with Gasteiger partial charge in [-0.25, -0.2) is 4.57 Å². The van der Waals surface area contributed by atoms with E-state index in [2.05, 4.69) is 23.9 Å². The molecule has 0 saturated heterocycles. The lowest BCUT2D eigenvalue weighted by atomic mass is 10.1. The van der Waals surface area contributed by atoms with Crippen LogP contribution in [0.15, 0.2) is 54.9 Å². The number of carbonyl (C=O) groups excluding carboxylic acids is 1. The number of hydrogen-bond acceptors (Lipinski definition) is 2. The van der Waals surface area contributed by atoms with E-state index in [1.165, 1.54) is 38.5 Å². The molecule has 0 radical (unpaired) electrons. The van der Waals surface area contributed by atoms with E-state index < -0.39 is 0 Å². The van der Waals surface area contributed by atoms with Gasteiger partial charge >= 0.3 is 0 Å². The number of aryl methyl sites for hydroxylation is 1. The van der Waals surface area contributed by atoms with Crippen LogP contribution < -0.4 is 9.30 Å². The first kappa shape index (κ1) is 19.9. The molecule has 1 aromatic heterocycles. The quantitative estimate of drug-likeness (QED) is 0.240. The summed E-state index contributed by atoms with van der Waals surface area (Å²) in [6.45, 7) is 3.30. The largest absolute Gasteiger partial charge is 0.497 e. The van der Waals surface area contributed by atoms with Crippen molar-refractivity contribution in [2.45, 2.75) is 52.0 Å². The lowest BCUT2D eigenvalue weighted by molar-refractivity contribution is -0.697. The summed E-state index contributed by atoms with van der Waals surface area (Å²) in [6.07, 6.45) is 15.5. The van der Waals surface area contributed by atoms with Gasteiger partial charge in [-0.05, 0) is 30.2 Å². The second kappa shape index (κ2) is 11.2. The molecule has 0 aliphatic heterocycles. The predicted octanol–water partition coefficient (Wildman–Crippen LogP) is 5.24. The Labute approximate surface area is 157 Å². The van der Waals surface area contributed by atoms with Crippen molar-refractivity contribution < 1.29 is 14.1 Å². The van der Waals surface area contributed by atoms with Crippen molar-refractivity contribution >= 4 is 11.9 Å². The third kappa shape index (κ3) is 6.83. The van der Waals surface area contributed by atoms with E-state index in [9.17, 15) is 4.79 Å².